The number of carbonyl (C=O) groups is 1. The van der Waals surface area contributed by atoms with Crippen LogP contribution < -0.4 is 0 Å². The first-order chi connectivity index (χ1) is 8.95. The molecule has 1 aromatic heterocycles. The van der Waals surface area contributed by atoms with Gasteiger partial charge in [0.25, 0.3) is 5.91 Å². The van der Waals surface area contributed by atoms with Crippen molar-refractivity contribution in [3.8, 4) is 0 Å². The zero-order valence-electron chi connectivity index (χ0n) is 11.6. The normalized spacial score (nSPS) is 16.2. The first-order valence-electron chi connectivity index (χ1n) is 6.65. The number of rotatable bonds is 4. The Bertz CT molecular complexity index is 451. The molecule has 1 aliphatic carbocycles. The minimum Gasteiger partial charge on any atom is -0.334 e. The van der Waals surface area contributed by atoms with E-state index in [-0.39, 0.29) is 11.3 Å². The van der Waals surface area contributed by atoms with Crippen LogP contribution in [0.1, 0.15) is 55.4 Å². The highest BCUT2D eigenvalue weighted by Gasteiger charge is 2.33. The summed E-state index contributed by atoms with van der Waals surface area (Å²) in [7, 11) is 0. The van der Waals surface area contributed by atoms with Crippen LogP contribution >= 0.6 is 27.5 Å². The predicted octanol–water partition coefficient (Wildman–Crippen LogP) is 3.23. The third-order valence-corrected chi connectivity index (χ3v) is 4.56. The van der Waals surface area contributed by atoms with E-state index in [9.17, 15) is 4.79 Å². The molecule has 1 heterocycles. The number of aromatic nitrogens is 2. The standard InChI is InChI=1S/C13H20BrN3OS/c1-13(2,3)11-10(19-16-15-11)12(18)17(8-7-14)9-5-4-6-9/h9H,4-8H2,1-3H3. The Labute approximate surface area is 126 Å². The van der Waals surface area contributed by atoms with Crippen LogP contribution in [0.5, 0.6) is 0 Å². The Kier molecular flexibility index (Phi) is 4.61. The topological polar surface area (TPSA) is 46.1 Å². The Morgan fingerprint density at radius 2 is 2.16 bits per heavy atom. The Balaban J connectivity index is 2.24. The van der Waals surface area contributed by atoms with Gasteiger partial charge in [-0.25, -0.2) is 0 Å². The quantitative estimate of drug-likeness (QED) is 0.787. The summed E-state index contributed by atoms with van der Waals surface area (Å²) in [6.07, 6.45) is 3.47. The highest BCUT2D eigenvalue weighted by molar-refractivity contribution is 9.09. The highest BCUT2D eigenvalue weighted by Crippen LogP contribution is 2.30. The molecule has 19 heavy (non-hydrogen) atoms. The maximum absolute atomic E-state index is 12.7. The maximum Gasteiger partial charge on any atom is 0.267 e. The second kappa shape index (κ2) is 5.87. The third kappa shape index (κ3) is 3.16. The van der Waals surface area contributed by atoms with Crippen LogP contribution in [0.3, 0.4) is 0 Å². The maximum atomic E-state index is 12.7. The molecular weight excluding hydrogens is 326 g/mol. The lowest BCUT2D eigenvalue weighted by Gasteiger charge is -2.37. The molecule has 1 aromatic rings. The molecular formula is C13H20BrN3OS. The summed E-state index contributed by atoms with van der Waals surface area (Å²) in [5, 5.41) is 4.98. The zero-order chi connectivity index (χ0) is 14.0. The van der Waals surface area contributed by atoms with Crippen molar-refractivity contribution in [1.82, 2.24) is 14.5 Å². The van der Waals surface area contributed by atoms with E-state index >= 15 is 0 Å². The van der Waals surface area contributed by atoms with Crippen molar-refractivity contribution < 1.29 is 4.79 Å². The summed E-state index contributed by atoms with van der Waals surface area (Å²) >= 11 is 4.66. The van der Waals surface area contributed by atoms with Crippen LogP contribution in [0, 0.1) is 0 Å². The van der Waals surface area contributed by atoms with Gasteiger partial charge in [0.2, 0.25) is 0 Å². The summed E-state index contributed by atoms with van der Waals surface area (Å²) in [5.74, 6) is 0.101. The van der Waals surface area contributed by atoms with Crippen molar-refractivity contribution in [2.24, 2.45) is 0 Å². The molecule has 0 saturated heterocycles. The van der Waals surface area contributed by atoms with Gasteiger partial charge in [0.1, 0.15) is 4.88 Å². The van der Waals surface area contributed by atoms with Crippen LogP contribution in [-0.4, -0.2) is 38.3 Å². The molecule has 2 rings (SSSR count). The number of halogens is 1. The van der Waals surface area contributed by atoms with Gasteiger partial charge in [-0.05, 0) is 30.8 Å². The number of alkyl halides is 1. The zero-order valence-corrected chi connectivity index (χ0v) is 14.1. The van der Waals surface area contributed by atoms with Gasteiger partial charge in [0, 0.05) is 23.3 Å². The second-order valence-corrected chi connectivity index (χ2v) is 7.52. The number of hydrogen-bond acceptors (Lipinski definition) is 4. The molecule has 0 aliphatic heterocycles. The van der Waals surface area contributed by atoms with Crippen molar-refractivity contribution in [1.29, 1.82) is 0 Å². The summed E-state index contributed by atoms with van der Waals surface area (Å²) in [6.45, 7) is 6.96. The lowest BCUT2D eigenvalue weighted by Crippen LogP contribution is -2.45. The molecule has 0 N–H and O–H groups in total. The lowest BCUT2D eigenvalue weighted by atomic mass is 9.89. The van der Waals surface area contributed by atoms with Crippen molar-refractivity contribution >= 4 is 33.4 Å². The molecule has 0 bridgehead atoms. The van der Waals surface area contributed by atoms with E-state index in [1.54, 1.807) is 0 Å². The highest BCUT2D eigenvalue weighted by atomic mass is 79.9. The number of hydrogen-bond donors (Lipinski definition) is 0. The summed E-state index contributed by atoms with van der Waals surface area (Å²) in [4.78, 5) is 15.4. The number of carbonyl (C=O) groups excluding carboxylic acids is 1. The van der Waals surface area contributed by atoms with Crippen molar-refractivity contribution in [2.45, 2.75) is 51.5 Å². The van der Waals surface area contributed by atoms with E-state index in [0.29, 0.717) is 10.9 Å². The van der Waals surface area contributed by atoms with Gasteiger partial charge in [-0.1, -0.05) is 41.2 Å². The average Bonchev–Trinajstić information content (AvgIpc) is 2.73. The van der Waals surface area contributed by atoms with E-state index in [1.807, 2.05) is 4.90 Å². The van der Waals surface area contributed by atoms with Gasteiger partial charge in [0.15, 0.2) is 0 Å². The van der Waals surface area contributed by atoms with Crippen LogP contribution in [0.15, 0.2) is 0 Å². The van der Waals surface area contributed by atoms with E-state index in [4.69, 9.17) is 0 Å². The molecule has 1 saturated carbocycles. The molecule has 0 atom stereocenters. The van der Waals surface area contributed by atoms with Gasteiger partial charge in [-0.15, -0.1) is 5.10 Å². The molecule has 6 heteroatoms. The van der Waals surface area contributed by atoms with E-state index < -0.39 is 0 Å². The fourth-order valence-corrected chi connectivity index (χ4v) is 3.41. The van der Waals surface area contributed by atoms with Crippen LogP contribution in [0.2, 0.25) is 0 Å². The average molecular weight is 346 g/mol. The molecule has 0 aromatic carbocycles. The molecule has 1 amide bonds. The van der Waals surface area contributed by atoms with Gasteiger partial charge in [-0.3, -0.25) is 4.79 Å². The summed E-state index contributed by atoms with van der Waals surface area (Å²) in [6, 6.07) is 0.403. The minimum absolute atomic E-state index is 0.101. The lowest BCUT2D eigenvalue weighted by molar-refractivity contribution is 0.0602. The Morgan fingerprint density at radius 3 is 2.63 bits per heavy atom. The minimum atomic E-state index is -0.141. The summed E-state index contributed by atoms with van der Waals surface area (Å²) in [5.41, 5.74) is 0.680. The SMILES string of the molecule is CC(C)(C)c1nnsc1C(=O)N(CCBr)C1CCC1. The molecule has 0 spiro atoms. The summed E-state index contributed by atoms with van der Waals surface area (Å²) < 4.78 is 3.99. The smallest absolute Gasteiger partial charge is 0.267 e. The first-order valence-corrected chi connectivity index (χ1v) is 8.54. The molecule has 1 aliphatic rings. The van der Waals surface area contributed by atoms with Crippen LogP contribution in [0.25, 0.3) is 0 Å². The van der Waals surface area contributed by atoms with E-state index in [1.165, 1.54) is 18.0 Å². The van der Waals surface area contributed by atoms with Crippen LogP contribution in [0.4, 0.5) is 0 Å². The monoisotopic (exact) mass is 345 g/mol. The first kappa shape index (κ1) is 14.9. The molecule has 0 unspecified atom stereocenters. The Morgan fingerprint density at radius 1 is 1.47 bits per heavy atom. The van der Waals surface area contributed by atoms with Crippen molar-refractivity contribution in [3.63, 3.8) is 0 Å². The van der Waals surface area contributed by atoms with Gasteiger partial charge >= 0.3 is 0 Å². The molecule has 0 radical (unpaired) electrons. The Hall–Kier alpha value is -0.490. The van der Waals surface area contributed by atoms with Gasteiger partial charge in [-0.2, -0.15) is 0 Å². The van der Waals surface area contributed by atoms with E-state index in [2.05, 4.69) is 46.3 Å². The van der Waals surface area contributed by atoms with E-state index in [0.717, 1.165) is 30.4 Å². The van der Waals surface area contributed by atoms with Gasteiger partial charge < -0.3 is 4.90 Å². The fourth-order valence-electron chi connectivity index (χ4n) is 2.19. The van der Waals surface area contributed by atoms with Crippen molar-refractivity contribution in [3.05, 3.63) is 10.6 Å². The second-order valence-electron chi connectivity index (χ2n) is 5.97. The van der Waals surface area contributed by atoms with Crippen LogP contribution in [-0.2, 0) is 5.41 Å². The van der Waals surface area contributed by atoms with Crippen molar-refractivity contribution in [2.75, 3.05) is 11.9 Å². The largest absolute Gasteiger partial charge is 0.334 e. The molecule has 106 valence electrons. The third-order valence-electron chi connectivity index (χ3n) is 3.49. The van der Waals surface area contributed by atoms with Gasteiger partial charge in [0.05, 0.1) is 5.69 Å². The fraction of sp³-hybridized carbons (Fsp3) is 0.769. The molecule has 1 fully saturated rings. The predicted molar refractivity (Wildman–Crippen MR) is 81.1 cm³/mol. The number of amides is 1. The molecule has 4 nitrogen and oxygen atoms in total. The number of nitrogens with zero attached hydrogens (tertiary/aromatic N) is 3.